The number of hydrazine groups is 1. The van der Waals surface area contributed by atoms with E-state index in [-0.39, 0.29) is 6.04 Å². The molecule has 2 nitrogen and oxygen atoms in total. The maximum Gasteiger partial charge on any atom is 0.0855 e. The average molecular weight is 195 g/mol. The molecule has 0 aromatic heterocycles. The highest BCUT2D eigenvalue weighted by molar-refractivity contribution is 6.30. The van der Waals surface area contributed by atoms with Gasteiger partial charge in [0.2, 0.25) is 0 Å². The first kappa shape index (κ1) is 10.1. The van der Waals surface area contributed by atoms with E-state index in [1.807, 2.05) is 24.3 Å². The van der Waals surface area contributed by atoms with Crippen molar-refractivity contribution in [1.29, 1.82) is 0 Å². The fourth-order valence-electron chi connectivity index (χ4n) is 1.07. The van der Waals surface area contributed by atoms with Gasteiger partial charge in [-0.3, -0.25) is 5.84 Å². The molecule has 3 N–H and O–H groups in total. The van der Waals surface area contributed by atoms with Crippen molar-refractivity contribution in [2.75, 3.05) is 0 Å². The monoisotopic (exact) mass is 194 g/mol. The van der Waals surface area contributed by atoms with Crippen molar-refractivity contribution < 1.29 is 0 Å². The zero-order valence-electron chi connectivity index (χ0n) is 7.13. The number of nitrogens with two attached hydrogens (primary N) is 1. The molecule has 13 heavy (non-hydrogen) atoms. The number of hydrogen-bond acceptors (Lipinski definition) is 2. The molecule has 0 aliphatic heterocycles. The van der Waals surface area contributed by atoms with Gasteiger partial charge < -0.3 is 0 Å². The smallest absolute Gasteiger partial charge is 0.0855 e. The third kappa shape index (κ3) is 3.08. The van der Waals surface area contributed by atoms with Gasteiger partial charge in [-0.2, -0.15) is 0 Å². The third-order valence-electron chi connectivity index (χ3n) is 1.73. The van der Waals surface area contributed by atoms with E-state index < -0.39 is 0 Å². The predicted molar refractivity (Wildman–Crippen MR) is 55.1 cm³/mol. The van der Waals surface area contributed by atoms with Crippen LogP contribution in [0.1, 0.15) is 5.56 Å². The van der Waals surface area contributed by atoms with Crippen molar-refractivity contribution in [3.63, 3.8) is 0 Å². The molecule has 0 fully saturated rings. The minimum absolute atomic E-state index is 0.140. The van der Waals surface area contributed by atoms with Crippen LogP contribution in [0.3, 0.4) is 0 Å². The summed E-state index contributed by atoms with van der Waals surface area (Å²) >= 11 is 5.81. The van der Waals surface area contributed by atoms with E-state index in [9.17, 15) is 0 Å². The molecule has 0 bridgehead atoms. The van der Waals surface area contributed by atoms with Gasteiger partial charge in [0.25, 0.3) is 0 Å². The lowest BCUT2D eigenvalue weighted by Gasteiger charge is -2.08. The molecule has 1 rings (SSSR count). The van der Waals surface area contributed by atoms with Gasteiger partial charge in [0, 0.05) is 11.4 Å². The highest BCUT2D eigenvalue weighted by atomic mass is 35.5. The van der Waals surface area contributed by atoms with Crippen molar-refractivity contribution in [1.82, 2.24) is 5.43 Å². The van der Waals surface area contributed by atoms with Crippen LogP contribution in [0.15, 0.2) is 24.3 Å². The molecule has 1 aromatic carbocycles. The molecule has 0 radical (unpaired) electrons. The Bertz CT molecular complexity index is 317. The van der Waals surface area contributed by atoms with E-state index in [0.29, 0.717) is 11.4 Å². The molecule has 1 aromatic rings. The van der Waals surface area contributed by atoms with E-state index >= 15 is 0 Å². The van der Waals surface area contributed by atoms with Crippen LogP contribution in [0.5, 0.6) is 0 Å². The summed E-state index contributed by atoms with van der Waals surface area (Å²) in [6.45, 7) is 0. The van der Waals surface area contributed by atoms with Gasteiger partial charge >= 0.3 is 0 Å². The van der Waals surface area contributed by atoms with Crippen LogP contribution in [0.4, 0.5) is 0 Å². The minimum atomic E-state index is -0.140. The minimum Gasteiger partial charge on any atom is -0.270 e. The summed E-state index contributed by atoms with van der Waals surface area (Å²) in [4.78, 5) is 0. The van der Waals surface area contributed by atoms with E-state index in [2.05, 4.69) is 11.3 Å². The second-order valence-corrected chi connectivity index (χ2v) is 3.16. The molecule has 68 valence electrons. The quantitative estimate of drug-likeness (QED) is 0.433. The van der Waals surface area contributed by atoms with Gasteiger partial charge in [-0.1, -0.05) is 29.7 Å². The molecular weight excluding hydrogens is 184 g/mol. The first-order valence-corrected chi connectivity index (χ1v) is 4.30. The molecule has 0 saturated heterocycles. The molecule has 0 aliphatic rings. The number of terminal acetylenes is 1. The molecule has 0 saturated carbocycles. The molecule has 1 atom stereocenters. The van der Waals surface area contributed by atoms with E-state index in [1.165, 1.54) is 0 Å². The normalized spacial score (nSPS) is 12.1. The second kappa shape index (κ2) is 4.88. The van der Waals surface area contributed by atoms with Crippen molar-refractivity contribution in [3.05, 3.63) is 34.9 Å². The summed E-state index contributed by atoms with van der Waals surface area (Å²) < 4.78 is 0. The number of benzene rings is 1. The zero-order valence-corrected chi connectivity index (χ0v) is 7.88. The summed E-state index contributed by atoms with van der Waals surface area (Å²) in [5, 5.41) is 0.713. The van der Waals surface area contributed by atoms with Crippen LogP contribution in [0.25, 0.3) is 0 Å². The summed E-state index contributed by atoms with van der Waals surface area (Å²) in [5.74, 6) is 7.78. The van der Waals surface area contributed by atoms with Crippen molar-refractivity contribution in [3.8, 4) is 12.3 Å². The number of hydrogen-bond donors (Lipinski definition) is 2. The Morgan fingerprint density at radius 3 is 2.92 bits per heavy atom. The maximum atomic E-state index is 5.81. The third-order valence-corrected chi connectivity index (χ3v) is 1.97. The Morgan fingerprint density at radius 2 is 2.38 bits per heavy atom. The number of nitrogens with one attached hydrogen (secondary N) is 1. The van der Waals surface area contributed by atoms with E-state index in [1.54, 1.807) is 0 Å². The fraction of sp³-hybridized carbons (Fsp3) is 0.200. The molecule has 0 amide bonds. The molecule has 0 heterocycles. The van der Waals surface area contributed by atoms with E-state index in [0.717, 1.165) is 5.56 Å². The van der Waals surface area contributed by atoms with Gasteiger partial charge in [-0.05, 0) is 17.7 Å². The lowest BCUT2D eigenvalue weighted by atomic mass is 10.1. The van der Waals surface area contributed by atoms with Crippen LogP contribution in [0.2, 0.25) is 5.02 Å². The fourth-order valence-corrected chi connectivity index (χ4v) is 1.28. The van der Waals surface area contributed by atoms with Gasteiger partial charge in [0.15, 0.2) is 0 Å². The Morgan fingerprint density at radius 1 is 1.62 bits per heavy atom. The molecule has 0 aliphatic carbocycles. The Labute approximate surface area is 83.1 Å². The Hall–Kier alpha value is -1.01. The first-order valence-electron chi connectivity index (χ1n) is 3.93. The van der Waals surface area contributed by atoms with Crippen molar-refractivity contribution in [2.45, 2.75) is 12.5 Å². The lowest BCUT2D eigenvalue weighted by Crippen LogP contribution is -2.35. The summed E-state index contributed by atoms with van der Waals surface area (Å²) in [7, 11) is 0. The Kier molecular flexibility index (Phi) is 3.78. The Balaban J connectivity index is 2.69. The second-order valence-electron chi connectivity index (χ2n) is 2.72. The molecular formula is C10H11ClN2. The van der Waals surface area contributed by atoms with Gasteiger partial charge in [-0.15, -0.1) is 6.42 Å². The number of halogens is 1. The molecule has 0 spiro atoms. The molecule has 1 unspecified atom stereocenters. The van der Waals surface area contributed by atoms with Gasteiger partial charge in [0.1, 0.15) is 0 Å². The van der Waals surface area contributed by atoms with Crippen LogP contribution < -0.4 is 11.3 Å². The van der Waals surface area contributed by atoms with Crippen LogP contribution in [-0.2, 0) is 6.42 Å². The van der Waals surface area contributed by atoms with Gasteiger partial charge in [-0.25, -0.2) is 5.43 Å². The number of rotatable bonds is 3. The maximum absolute atomic E-state index is 5.81. The summed E-state index contributed by atoms with van der Waals surface area (Å²) in [5.41, 5.74) is 3.62. The molecule has 3 heteroatoms. The zero-order chi connectivity index (χ0) is 9.68. The summed E-state index contributed by atoms with van der Waals surface area (Å²) in [6, 6.07) is 7.42. The van der Waals surface area contributed by atoms with Crippen LogP contribution in [-0.4, -0.2) is 6.04 Å². The standard InChI is InChI=1S/C10H11ClN2/c1-2-10(13-12)7-8-4-3-5-9(11)6-8/h1,3-6,10,13H,7,12H2. The lowest BCUT2D eigenvalue weighted by molar-refractivity contribution is 0.634. The topological polar surface area (TPSA) is 38.0 Å². The SMILES string of the molecule is C#CC(Cc1cccc(Cl)c1)NN. The average Bonchev–Trinajstić information content (AvgIpc) is 2.14. The van der Waals surface area contributed by atoms with Crippen LogP contribution >= 0.6 is 11.6 Å². The van der Waals surface area contributed by atoms with Crippen molar-refractivity contribution >= 4 is 11.6 Å². The summed E-state index contributed by atoms with van der Waals surface area (Å²) in [6.07, 6.45) is 5.93. The predicted octanol–water partition coefficient (Wildman–Crippen LogP) is 1.35. The highest BCUT2D eigenvalue weighted by Crippen LogP contribution is 2.11. The van der Waals surface area contributed by atoms with Crippen LogP contribution in [0, 0.1) is 12.3 Å². The largest absolute Gasteiger partial charge is 0.270 e. The van der Waals surface area contributed by atoms with E-state index in [4.69, 9.17) is 23.9 Å². The highest BCUT2D eigenvalue weighted by Gasteiger charge is 2.03. The van der Waals surface area contributed by atoms with Gasteiger partial charge in [0.05, 0.1) is 6.04 Å². The first-order chi connectivity index (χ1) is 6.26. The van der Waals surface area contributed by atoms with Crippen molar-refractivity contribution in [2.24, 2.45) is 5.84 Å².